The summed E-state index contributed by atoms with van der Waals surface area (Å²) in [5.74, 6) is 0.522. The summed E-state index contributed by atoms with van der Waals surface area (Å²) in [6.07, 6.45) is 16.6. The first-order valence-corrected chi connectivity index (χ1v) is 6.58. The molecule has 0 saturated carbocycles. The van der Waals surface area contributed by atoms with Gasteiger partial charge in [0.15, 0.2) is 0 Å². The lowest BCUT2D eigenvalue weighted by Gasteiger charge is -2.16. The summed E-state index contributed by atoms with van der Waals surface area (Å²) < 4.78 is 0. The van der Waals surface area contributed by atoms with E-state index in [1.54, 1.807) is 5.57 Å². The molecule has 1 unspecified atom stereocenters. The van der Waals surface area contributed by atoms with Gasteiger partial charge in [-0.05, 0) is 36.8 Å². The lowest BCUT2D eigenvalue weighted by atomic mass is 9.88. The highest BCUT2D eigenvalue weighted by atomic mass is 14.2. The molecule has 0 spiro atoms. The van der Waals surface area contributed by atoms with Crippen molar-refractivity contribution < 1.29 is 0 Å². The van der Waals surface area contributed by atoms with E-state index in [1.807, 2.05) is 0 Å². The van der Waals surface area contributed by atoms with Gasteiger partial charge >= 0.3 is 0 Å². The highest BCUT2D eigenvalue weighted by molar-refractivity contribution is 5.64. The fourth-order valence-corrected chi connectivity index (χ4v) is 2.79. The maximum Gasteiger partial charge on any atom is 0.0240 e. The van der Waals surface area contributed by atoms with Crippen molar-refractivity contribution in [2.75, 3.05) is 0 Å². The van der Waals surface area contributed by atoms with Crippen LogP contribution in [-0.2, 0) is 0 Å². The third kappa shape index (κ3) is 2.12. The molecule has 1 aromatic rings. The zero-order chi connectivity index (χ0) is 11.5. The molecule has 1 aromatic carbocycles. The molecule has 0 aliphatic heterocycles. The standard InChI is InChI=1S/C17H18/c1-2-4-8-14(9-5-3-1)17-13-12-15-10-6-7-11-16(15)17/h2,4,6-8,10-13,17H,1,3,5,9H2. The first-order chi connectivity index (χ1) is 8.45. The van der Waals surface area contributed by atoms with Crippen LogP contribution in [0.15, 0.2) is 54.1 Å². The van der Waals surface area contributed by atoms with E-state index in [9.17, 15) is 0 Å². The summed E-state index contributed by atoms with van der Waals surface area (Å²) >= 11 is 0. The first-order valence-electron chi connectivity index (χ1n) is 6.58. The van der Waals surface area contributed by atoms with E-state index in [0.29, 0.717) is 5.92 Å². The van der Waals surface area contributed by atoms with Crippen LogP contribution in [-0.4, -0.2) is 0 Å². The highest BCUT2D eigenvalue weighted by Gasteiger charge is 2.19. The third-order valence-electron chi connectivity index (χ3n) is 3.73. The van der Waals surface area contributed by atoms with Gasteiger partial charge in [-0.15, -0.1) is 0 Å². The second kappa shape index (κ2) is 4.75. The summed E-state index contributed by atoms with van der Waals surface area (Å²) in [4.78, 5) is 0. The van der Waals surface area contributed by atoms with E-state index in [0.717, 1.165) is 0 Å². The Hall–Kier alpha value is -1.56. The molecule has 2 aliphatic rings. The van der Waals surface area contributed by atoms with Crippen molar-refractivity contribution >= 4 is 6.08 Å². The second-order valence-electron chi connectivity index (χ2n) is 4.88. The Morgan fingerprint density at radius 2 is 2.00 bits per heavy atom. The van der Waals surface area contributed by atoms with E-state index >= 15 is 0 Å². The van der Waals surface area contributed by atoms with Crippen molar-refractivity contribution in [3.05, 3.63) is 65.3 Å². The van der Waals surface area contributed by atoms with Crippen LogP contribution in [0.4, 0.5) is 0 Å². The summed E-state index contributed by atoms with van der Waals surface area (Å²) in [5.41, 5.74) is 4.44. The third-order valence-corrected chi connectivity index (χ3v) is 3.73. The van der Waals surface area contributed by atoms with Crippen LogP contribution >= 0.6 is 0 Å². The summed E-state index contributed by atoms with van der Waals surface area (Å²) in [6, 6.07) is 8.75. The molecule has 0 bridgehead atoms. The Kier molecular flexibility index (Phi) is 2.96. The Labute approximate surface area is 103 Å². The molecule has 1 atom stereocenters. The minimum Gasteiger partial charge on any atom is -0.0845 e. The number of hydrogen-bond donors (Lipinski definition) is 0. The van der Waals surface area contributed by atoms with Crippen LogP contribution in [0.2, 0.25) is 0 Å². The molecule has 0 amide bonds. The normalized spacial score (nSPS) is 22.8. The number of benzene rings is 1. The van der Waals surface area contributed by atoms with Crippen LogP contribution in [0, 0.1) is 0 Å². The molecule has 0 aromatic heterocycles. The maximum absolute atomic E-state index is 2.35. The van der Waals surface area contributed by atoms with Crippen molar-refractivity contribution in [1.29, 1.82) is 0 Å². The molecule has 0 nitrogen and oxygen atoms in total. The second-order valence-corrected chi connectivity index (χ2v) is 4.88. The van der Waals surface area contributed by atoms with E-state index in [2.05, 4.69) is 54.6 Å². The molecule has 0 fully saturated rings. The average molecular weight is 222 g/mol. The summed E-state index contributed by atoms with van der Waals surface area (Å²) in [5, 5.41) is 0. The lowest BCUT2D eigenvalue weighted by molar-refractivity contribution is 0.714. The number of allylic oxidation sites excluding steroid dienone is 5. The van der Waals surface area contributed by atoms with Crippen molar-refractivity contribution in [2.45, 2.75) is 31.6 Å². The van der Waals surface area contributed by atoms with E-state index in [1.165, 1.54) is 36.8 Å². The molecular formula is C17H18. The Bertz CT molecular complexity index is 489. The van der Waals surface area contributed by atoms with Crippen molar-refractivity contribution in [2.24, 2.45) is 0 Å². The number of fused-ring (bicyclic) bond motifs is 1. The van der Waals surface area contributed by atoms with E-state index in [4.69, 9.17) is 0 Å². The average Bonchev–Trinajstić information content (AvgIpc) is 2.73. The largest absolute Gasteiger partial charge is 0.0845 e. The zero-order valence-corrected chi connectivity index (χ0v) is 10.1. The lowest BCUT2D eigenvalue weighted by Crippen LogP contribution is -1.99. The van der Waals surface area contributed by atoms with Crippen LogP contribution in [0.5, 0.6) is 0 Å². The van der Waals surface area contributed by atoms with Crippen molar-refractivity contribution in [3.8, 4) is 0 Å². The number of hydrogen-bond acceptors (Lipinski definition) is 0. The molecule has 0 heteroatoms. The van der Waals surface area contributed by atoms with Gasteiger partial charge in [0.25, 0.3) is 0 Å². The Balaban J connectivity index is 1.93. The topological polar surface area (TPSA) is 0 Å². The van der Waals surface area contributed by atoms with Crippen molar-refractivity contribution in [3.63, 3.8) is 0 Å². The van der Waals surface area contributed by atoms with Crippen LogP contribution in [0.3, 0.4) is 0 Å². The first kappa shape index (κ1) is 10.6. The van der Waals surface area contributed by atoms with Gasteiger partial charge < -0.3 is 0 Å². The van der Waals surface area contributed by atoms with Gasteiger partial charge in [0.2, 0.25) is 0 Å². The SMILES string of the molecule is C1=CCCCCC(C2C=Cc3ccccc32)=C1. The molecule has 0 N–H and O–H groups in total. The monoisotopic (exact) mass is 222 g/mol. The highest BCUT2D eigenvalue weighted by Crippen LogP contribution is 2.37. The van der Waals surface area contributed by atoms with Gasteiger partial charge in [-0.2, -0.15) is 0 Å². The van der Waals surface area contributed by atoms with Crippen LogP contribution < -0.4 is 0 Å². The Morgan fingerprint density at radius 3 is 3.00 bits per heavy atom. The molecule has 0 heterocycles. The zero-order valence-electron chi connectivity index (χ0n) is 10.1. The van der Waals surface area contributed by atoms with Crippen molar-refractivity contribution in [1.82, 2.24) is 0 Å². The quantitative estimate of drug-likeness (QED) is 0.637. The molecule has 0 radical (unpaired) electrons. The fraction of sp³-hybridized carbons (Fsp3) is 0.294. The maximum atomic E-state index is 2.35. The fourth-order valence-electron chi connectivity index (χ4n) is 2.79. The number of rotatable bonds is 1. The predicted molar refractivity (Wildman–Crippen MR) is 73.9 cm³/mol. The minimum atomic E-state index is 0.522. The molecule has 0 saturated heterocycles. The van der Waals surface area contributed by atoms with Gasteiger partial charge in [0.05, 0.1) is 0 Å². The van der Waals surface area contributed by atoms with E-state index < -0.39 is 0 Å². The van der Waals surface area contributed by atoms with E-state index in [-0.39, 0.29) is 0 Å². The van der Waals surface area contributed by atoms with Gasteiger partial charge in [-0.3, -0.25) is 0 Å². The Morgan fingerprint density at radius 1 is 1.06 bits per heavy atom. The van der Waals surface area contributed by atoms with Gasteiger partial charge in [-0.1, -0.05) is 60.2 Å². The molecule has 2 aliphatic carbocycles. The summed E-state index contributed by atoms with van der Waals surface area (Å²) in [7, 11) is 0. The smallest absolute Gasteiger partial charge is 0.0240 e. The minimum absolute atomic E-state index is 0.522. The van der Waals surface area contributed by atoms with Gasteiger partial charge in [-0.25, -0.2) is 0 Å². The van der Waals surface area contributed by atoms with Gasteiger partial charge in [0.1, 0.15) is 0 Å². The van der Waals surface area contributed by atoms with Gasteiger partial charge in [0, 0.05) is 5.92 Å². The molecule has 86 valence electrons. The predicted octanol–water partition coefficient (Wildman–Crippen LogP) is 4.85. The molecule has 17 heavy (non-hydrogen) atoms. The van der Waals surface area contributed by atoms with Crippen LogP contribution in [0.1, 0.15) is 42.7 Å². The van der Waals surface area contributed by atoms with Crippen LogP contribution in [0.25, 0.3) is 6.08 Å². The molecular weight excluding hydrogens is 204 g/mol. The summed E-state index contributed by atoms with van der Waals surface area (Å²) in [6.45, 7) is 0. The molecule has 3 rings (SSSR count).